The van der Waals surface area contributed by atoms with E-state index >= 15 is 0 Å². The number of aromatic nitrogens is 1. The van der Waals surface area contributed by atoms with Crippen LogP contribution in [0.1, 0.15) is 21.6 Å². The number of methoxy groups -OCH3 is 1. The number of nitrogens with one attached hydrogen (secondary N) is 2. The van der Waals surface area contributed by atoms with Crippen LogP contribution >= 0.6 is 0 Å². The lowest BCUT2D eigenvalue weighted by Crippen LogP contribution is -2.31. The summed E-state index contributed by atoms with van der Waals surface area (Å²) in [6.45, 7) is 2.21. The maximum absolute atomic E-state index is 12.0. The highest BCUT2D eigenvalue weighted by Crippen LogP contribution is 2.17. The molecule has 0 radical (unpaired) electrons. The van der Waals surface area contributed by atoms with Gasteiger partial charge in [-0.05, 0) is 37.1 Å². The van der Waals surface area contributed by atoms with Crippen molar-refractivity contribution >= 4 is 5.91 Å². The highest BCUT2D eigenvalue weighted by Gasteiger charge is 2.10. The third-order valence-corrected chi connectivity index (χ3v) is 3.17. The van der Waals surface area contributed by atoms with Crippen LogP contribution < -0.4 is 15.6 Å². The van der Waals surface area contributed by atoms with Crippen molar-refractivity contribution in [1.29, 1.82) is 0 Å². The molecule has 0 saturated heterocycles. The summed E-state index contributed by atoms with van der Waals surface area (Å²) in [5.74, 6) is 0.422. The van der Waals surface area contributed by atoms with Crippen LogP contribution in [0.3, 0.4) is 0 Å². The molecule has 0 spiro atoms. The molecule has 0 saturated carbocycles. The largest absolute Gasteiger partial charge is 0.496 e. The van der Waals surface area contributed by atoms with Crippen LogP contribution in [0.2, 0.25) is 0 Å². The van der Waals surface area contributed by atoms with E-state index in [-0.39, 0.29) is 17.0 Å². The van der Waals surface area contributed by atoms with Crippen LogP contribution in [-0.2, 0) is 6.42 Å². The molecular formula is C16H18N2O3. The van der Waals surface area contributed by atoms with E-state index in [4.69, 9.17) is 4.74 Å². The average Bonchev–Trinajstić information content (AvgIpc) is 2.47. The van der Waals surface area contributed by atoms with Gasteiger partial charge in [0, 0.05) is 12.2 Å². The maximum Gasteiger partial charge on any atom is 0.260 e. The number of carbonyl (C=O) groups is 1. The molecule has 0 aliphatic rings. The molecule has 2 N–H and O–H groups in total. The predicted octanol–water partition coefficient (Wildman–Crippen LogP) is 1.66. The molecule has 1 heterocycles. The molecule has 1 aromatic carbocycles. The highest BCUT2D eigenvalue weighted by molar-refractivity contribution is 5.93. The number of rotatable bonds is 5. The number of aryl methyl sites for hydroxylation is 1. The molecule has 110 valence electrons. The van der Waals surface area contributed by atoms with Gasteiger partial charge in [-0.2, -0.15) is 0 Å². The first kappa shape index (κ1) is 14.8. The number of pyridine rings is 1. The molecule has 0 atom stereocenters. The number of hydrogen-bond acceptors (Lipinski definition) is 3. The number of benzene rings is 1. The van der Waals surface area contributed by atoms with Crippen molar-refractivity contribution in [1.82, 2.24) is 10.3 Å². The van der Waals surface area contributed by atoms with Crippen LogP contribution in [0.15, 0.2) is 41.2 Å². The summed E-state index contributed by atoms with van der Waals surface area (Å²) in [4.78, 5) is 26.2. The molecule has 0 aliphatic heterocycles. The van der Waals surface area contributed by atoms with Gasteiger partial charge in [-0.3, -0.25) is 9.59 Å². The topological polar surface area (TPSA) is 71.2 Å². The molecule has 0 unspecified atom stereocenters. The summed E-state index contributed by atoms with van der Waals surface area (Å²) < 4.78 is 5.25. The Hall–Kier alpha value is -2.56. The second-order valence-corrected chi connectivity index (χ2v) is 4.70. The van der Waals surface area contributed by atoms with Gasteiger partial charge in [0.15, 0.2) is 0 Å². The van der Waals surface area contributed by atoms with E-state index in [0.29, 0.717) is 13.0 Å². The first-order valence-electron chi connectivity index (χ1n) is 6.72. The normalized spacial score (nSPS) is 10.2. The van der Waals surface area contributed by atoms with Gasteiger partial charge < -0.3 is 15.0 Å². The minimum atomic E-state index is -0.371. The summed E-state index contributed by atoms with van der Waals surface area (Å²) in [6.07, 6.45) is 0.638. The predicted molar refractivity (Wildman–Crippen MR) is 80.8 cm³/mol. The minimum absolute atomic E-state index is 0.126. The Morgan fingerprint density at radius 2 is 2.00 bits per heavy atom. The molecule has 5 heteroatoms. The maximum atomic E-state index is 12.0. The van der Waals surface area contributed by atoms with Crippen molar-refractivity contribution in [3.8, 4) is 5.75 Å². The van der Waals surface area contributed by atoms with Crippen molar-refractivity contribution in [2.75, 3.05) is 13.7 Å². The quantitative estimate of drug-likeness (QED) is 0.878. The number of hydrogen-bond donors (Lipinski definition) is 2. The van der Waals surface area contributed by atoms with E-state index in [1.807, 2.05) is 24.3 Å². The van der Waals surface area contributed by atoms with Gasteiger partial charge in [0.25, 0.3) is 11.5 Å². The molecule has 0 aliphatic carbocycles. The Bertz CT molecular complexity index is 692. The zero-order valence-electron chi connectivity index (χ0n) is 12.1. The van der Waals surface area contributed by atoms with Crippen molar-refractivity contribution in [2.45, 2.75) is 13.3 Å². The van der Waals surface area contributed by atoms with E-state index < -0.39 is 0 Å². The molecule has 5 nitrogen and oxygen atoms in total. The lowest BCUT2D eigenvalue weighted by atomic mass is 10.1. The van der Waals surface area contributed by atoms with Gasteiger partial charge in [-0.15, -0.1) is 0 Å². The van der Waals surface area contributed by atoms with Crippen molar-refractivity contribution in [3.05, 3.63) is 63.6 Å². The van der Waals surface area contributed by atoms with E-state index in [9.17, 15) is 9.59 Å². The summed E-state index contributed by atoms with van der Waals surface area (Å²) in [7, 11) is 1.61. The standard InChI is InChI=1S/C16H18N2O3/c1-11-7-8-13(16(20)18-11)15(19)17-10-9-12-5-3-4-6-14(12)21-2/h3-8H,9-10H2,1-2H3,(H,17,19)(H,18,20). The zero-order valence-corrected chi connectivity index (χ0v) is 12.1. The first-order chi connectivity index (χ1) is 10.1. The number of aromatic amines is 1. The number of amides is 1. The van der Waals surface area contributed by atoms with Crippen molar-refractivity contribution < 1.29 is 9.53 Å². The third-order valence-electron chi connectivity index (χ3n) is 3.17. The molecule has 1 aromatic heterocycles. The molecule has 2 aromatic rings. The molecule has 2 rings (SSSR count). The Balaban J connectivity index is 1.97. The minimum Gasteiger partial charge on any atom is -0.496 e. The summed E-state index contributed by atoms with van der Waals surface area (Å²) in [6, 6.07) is 10.9. The Labute approximate surface area is 123 Å². The van der Waals surface area contributed by atoms with E-state index in [2.05, 4.69) is 10.3 Å². The van der Waals surface area contributed by atoms with Crippen LogP contribution in [0.4, 0.5) is 0 Å². The summed E-state index contributed by atoms with van der Waals surface area (Å²) in [5.41, 5.74) is 1.49. The van der Waals surface area contributed by atoms with Gasteiger partial charge in [-0.25, -0.2) is 0 Å². The number of para-hydroxylation sites is 1. The van der Waals surface area contributed by atoms with E-state index in [0.717, 1.165) is 17.0 Å². The van der Waals surface area contributed by atoms with E-state index in [1.54, 1.807) is 20.1 Å². The fourth-order valence-electron chi connectivity index (χ4n) is 2.07. The first-order valence-corrected chi connectivity index (χ1v) is 6.72. The van der Waals surface area contributed by atoms with Crippen molar-refractivity contribution in [3.63, 3.8) is 0 Å². The monoisotopic (exact) mass is 286 g/mol. The molecule has 0 bridgehead atoms. The van der Waals surface area contributed by atoms with E-state index in [1.165, 1.54) is 6.07 Å². The Morgan fingerprint density at radius 1 is 1.24 bits per heavy atom. The van der Waals surface area contributed by atoms with Gasteiger partial charge >= 0.3 is 0 Å². The Morgan fingerprint density at radius 3 is 2.71 bits per heavy atom. The number of carbonyl (C=O) groups excluding carboxylic acids is 1. The van der Waals surface area contributed by atoms with Gasteiger partial charge in [0.05, 0.1) is 7.11 Å². The molecular weight excluding hydrogens is 268 g/mol. The molecule has 1 amide bonds. The smallest absolute Gasteiger partial charge is 0.260 e. The van der Waals surface area contributed by atoms with Gasteiger partial charge in [0.2, 0.25) is 0 Å². The molecule has 0 fully saturated rings. The van der Waals surface area contributed by atoms with Crippen LogP contribution in [0.5, 0.6) is 5.75 Å². The summed E-state index contributed by atoms with van der Waals surface area (Å²) >= 11 is 0. The number of ether oxygens (including phenoxy) is 1. The van der Waals surface area contributed by atoms with Gasteiger partial charge in [0.1, 0.15) is 11.3 Å². The second-order valence-electron chi connectivity index (χ2n) is 4.70. The number of H-pyrrole nitrogens is 1. The lowest BCUT2D eigenvalue weighted by Gasteiger charge is -2.09. The van der Waals surface area contributed by atoms with Crippen molar-refractivity contribution in [2.24, 2.45) is 0 Å². The van der Waals surface area contributed by atoms with Gasteiger partial charge in [-0.1, -0.05) is 18.2 Å². The third kappa shape index (κ3) is 3.72. The Kier molecular flexibility index (Phi) is 4.77. The summed E-state index contributed by atoms with van der Waals surface area (Å²) in [5, 5.41) is 2.74. The fourth-order valence-corrected chi connectivity index (χ4v) is 2.07. The SMILES string of the molecule is COc1ccccc1CCNC(=O)c1ccc(C)[nH]c1=O. The van der Waals surface area contributed by atoms with Crippen LogP contribution in [0.25, 0.3) is 0 Å². The van der Waals surface area contributed by atoms with Crippen LogP contribution in [-0.4, -0.2) is 24.5 Å². The second kappa shape index (κ2) is 6.74. The molecule has 21 heavy (non-hydrogen) atoms. The highest BCUT2D eigenvalue weighted by atomic mass is 16.5. The zero-order chi connectivity index (χ0) is 15.2. The fraction of sp³-hybridized carbons (Fsp3) is 0.250. The lowest BCUT2D eigenvalue weighted by molar-refractivity contribution is 0.0952. The average molecular weight is 286 g/mol. The van der Waals surface area contributed by atoms with Crippen LogP contribution in [0, 0.1) is 6.92 Å².